The summed E-state index contributed by atoms with van der Waals surface area (Å²) in [4.78, 5) is 61.4. The molecule has 1 aromatic rings. The van der Waals surface area contributed by atoms with Crippen LogP contribution < -0.4 is 20.5 Å². The van der Waals surface area contributed by atoms with Gasteiger partial charge in [0.05, 0.1) is 24.3 Å². The first-order valence-electron chi connectivity index (χ1n) is 9.64. The number of ether oxygens (including phenoxy) is 3. The lowest BCUT2D eigenvalue weighted by Gasteiger charge is -2.27. The molecule has 2 aliphatic rings. The van der Waals surface area contributed by atoms with Gasteiger partial charge in [0.1, 0.15) is 12.6 Å². The fourth-order valence-electron chi connectivity index (χ4n) is 3.28. The van der Waals surface area contributed by atoms with Gasteiger partial charge in [0.2, 0.25) is 11.8 Å². The minimum atomic E-state index is -5.33. The summed E-state index contributed by atoms with van der Waals surface area (Å²) in [6, 6.07) is 0.549. The van der Waals surface area contributed by atoms with Gasteiger partial charge in [-0.15, -0.1) is 0 Å². The van der Waals surface area contributed by atoms with Crippen molar-refractivity contribution in [3.63, 3.8) is 0 Å². The lowest BCUT2D eigenvalue weighted by atomic mass is 10.0. The first kappa shape index (κ1) is 24.1. The molecule has 0 bridgehead atoms. The molecular formula is C19H18F3N3O8. The molecule has 1 atom stereocenters. The molecule has 0 radical (unpaired) electrons. The van der Waals surface area contributed by atoms with E-state index in [1.165, 1.54) is 0 Å². The maximum absolute atomic E-state index is 13.1. The minimum Gasteiger partial charge on any atom is -0.486 e. The molecule has 4 amide bonds. The molecule has 0 aliphatic carbocycles. The Bertz CT molecular complexity index is 1010. The van der Waals surface area contributed by atoms with Crippen LogP contribution in [0.25, 0.3) is 0 Å². The predicted octanol–water partition coefficient (Wildman–Crippen LogP) is -0.0904. The quantitative estimate of drug-likeness (QED) is 0.228. The molecule has 178 valence electrons. The molecule has 1 unspecified atom stereocenters. The third-order valence-corrected chi connectivity index (χ3v) is 4.70. The normalized spacial score (nSPS) is 18.3. The number of fused-ring (bicyclic) bond motifs is 1. The number of rotatable bonds is 8. The SMILES string of the molecule is NCCOCCOc1c(OC(=O)C(F)(F)F)ccc2c1C(=O)N(C1CCC(=O)NC1=O)C2=O. The average molecular weight is 473 g/mol. The Morgan fingerprint density at radius 1 is 1.12 bits per heavy atom. The molecule has 14 heteroatoms. The van der Waals surface area contributed by atoms with Crippen LogP contribution in [-0.2, 0) is 19.1 Å². The van der Waals surface area contributed by atoms with Crippen molar-refractivity contribution in [2.24, 2.45) is 5.73 Å². The first-order chi connectivity index (χ1) is 15.6. The Labute approximate surface area is 183 Å². The molecule has 0 saturated carbocycles. The van der Waals surface area contributed by atoms with E-state index < -0.39 is 58.9 Å². The summed E-state index contributed by atoms with van der Waals surface area (Å²) >= 11 is 0. The van der Waals surface area contributed by atoms with Gasteiger partial charge in [-0.25, -0.2) is 4.79 Å². The summed E-state index contributed by atoms with van der Waals surface area (Å²) in [7, 11) is 0. The largest absolute Gasteiger partial charge is 0.491 e. The molecule has 11 nitrogen and oxygen atoms in total. The lowest BCUT2D eigenvalue weighted by Crippen LogP contribution is -2.54. The van der Waals surface area contributed by atoms with Crippen molar-refractivity contribution < 1.29 is 51.4 Å². The van der Waals surface area contributed by atoms with E-state index in [1.807, 2.05) is 5.32 Å². The van der Waals surface area contributed by atoms with E-state index in [-0.39, 0.29) is 44.8 Å². The van der Waals surface area contributed by atoms with Gasteiger partial charge in [0.25, 0.3) is 11.8 Å². The fourth-order valence-corrected chi connectivity index (χ4v) is 3.28. The van der Waals surface area contributed by atoms with Gasteiger partial charge in [-0.05, 0) is 18.6 Å². The van der Waals surface area contributed by atoms with Crippen LogP contribution >= 0.6 is 0 Å². The van der Waals surface area contributed by atoms with Crippen LogP contribution in [0.1, 0.15) is 33.6 Å². The van der Waals surface area contributed by atoms with Crippen LogP contribution in [0.5, 0.6) is 11.5 Å². The van der Waals surface area contributed by atoms with Crippen molar-refractivity contribution in [3.05, 3.63) is 23.3 Å². The Kier molecular flexibility index (Phi) is 6.98. The zero-order valence-corrected chi connectivity index (χ0v) is 16.9. The number of alkyl halides is 3. The van der Waals surface area contributed by atoms with Gasteiger partial charge >= 0.3 is 12.1 Å². The highest BCUT2D eigenvalue weighted by Gasteiger charge is 2.48. The van der Waals surface area contributed by atoms with Crippen LogP contribution in [0.15, 0.2) is 12.1 Å². The number of carbonyl (C=O) groups excluding carboxylic acids is 5. The Morgan fingerprint density at radius 2 is 1.85 bits per heavy atom. The molecule has 1 saturated heterocycles. The molecule has 3 rings (SSSR count). The molecule has 2 heterocycles. The van der Waals surface area contributed by atoms with Crippen molar-refractivity contribution >= 4 is 29.6 Å². The number of halogens is 3. The molecule has 2 aliphatic heterocycles. The van der Waals surface area contributed by atoms with E-state index in [1.54, 1.807) is 0 Å². The summed E-state index contributed by atoms with van der Waals surface area (Å²) in [5.74, 6) is -7.31. The van der Waals surface area contributed by atoms with Crippen LogP contribution in [0.4, 0.5) is 13.2 Å². The van der Waals surface area contributed by atoms with Gasteiger partial charge in [0.15, 0.2) is 11.5 Å². The molecule has 3 N–H and O–H groups in total. The topological polar surface area (TPSA) is 154 Å². The number of nitrogens with one attached hydrogen (secondary N) is 1. The van der Waals surface area contributed by atoms with Crippen molar-refractivity contribution in [1.82, 2.24) is 10.2 Å². The summed E-state index contributed by atoms with van der Waals surface area (Å²) < 4.78 is 52.9. The number of hydrogen-bond donors (Lipinski definition) is 2. The standard InChI is InChI=1S/C19H18F3N3O8/c20-19(21,22)18(30)33-11-3-1-9-13(14(11)32-8-7-31-6-5-23)17(29)25(16(9)28)10-2-4-12(26)24-15(10)27/h1,3,10H,2,4-8,23H2,(H,24,26,27). The Balaban J connectivity index is 1.96. The number of esters is 1. The zero-order chi connectivity index (χ0) is 24.3. The van der Waals surface area contributed by atoms with Gasteiger partial charge in [-0.3, -0.25) is 29.4 Å². The second-order valence-corrected chi connectivity index (χ2v) is 6.90. The number of benzene rings is 1. The van der Waals surface area contributed by atoms with Crippen molar-refractivity contribution in [1.29, 1.82) is 0 Å². The van der Waals surface area contributed by atoms with Crippen LogP contribution in [0.3, 0.4) is 0 Å². The average Bonchev–Trinajstić information content (AvgIpc) is 2.99. The van der Waals surface area contributed by atoms with Crippen LogP contribution in [0.2, 0.25) is 0 Å². The second-order valence-electron chi connectivity index (χ2n) is 6.90. The molecule has 33 heavy (non-hydrogen) atoms. The van der Waals surface area contributed by atoms with E-state index in [2.05, 4.69) is 4.74 Å². The summed E-state index contributed by atoms with van der Waals surface area (Å²) in [5, 5.41) is 2.02. The van der Waals surface area contributed by atoms with Crippen molar-refractivity contribution in [2.45, 2.75) is 25.1 Å². The number of piperidine rings is 1. The minimum absolute atomic E-state index is 0.0769. The van der Waals surface area contributed by atoms with Crippen molar-refractivity contribution in [2.75, 3.05) is 26.4 Å². The van der Waals surface area contributed by atoms with Gasteiger partial charge in [0, 0.05) is 13.0 Å². The number of hydrogen-bond acceptors (Lipinski definition) is 9. The van der Waals surface area contributed by atoms with Crippen molar-refractivity contribution in [3.8, 4) is 11.5 Å². The van der Waals surface area contributed by atoms with E-state index >= 15 is 0 Å². The molecular weight excluding hydrogens is 455 g/mol. The number of nitrogens with zero attached hydrogens (tertiary/aromatic N) is 1. The second kappa shape index (κ2) is 9.54. The third-order valence-electron chi connectivity index (χ3n) is 4.70. The third kappa shape index (κ3) is 4.96. The molecule has 0 spiro atoms. The maximum Gasteiger partial charge on any atom is 0.491 e. The monoisotopic (exact) mass is 473 g/mol. The highest BCUT2D eigenvalue weighted by molar-refractivity contribution is 6.25. The number of nitrogens with two attached hydrogens (primary N) is 1. The predicted molar refractivity (Wildman–Crippen MR) is 100 cm³/mol. The van der Waals surface area contributed by atoms with E-state index in [0.29, 0.717) is 4.90 Å². The smallest absolute Gasteiger partial charge is 0.486 e. The van der Waals surface area contributed by atoms with E-state index in [4.69, 9.17) is 15.2 Å². The summed E-state index contributed by atoms with van der Waals surface area (Å²) in [5.41, 5.74) is 4.54. The highest BCUT2D eigenvalue weighted by Crippen LogP contribution is 2.40. The van der Waals surface area contributed by atoms with Crippen LogP contribution in [-0.4, -0.2) is 73.1 Å². The molecule has 1 fully saturated rings. The van der Waals surface area contributed by atoms with Gasteiger partial charge in [-0.1, -0.05) is 0 Å². The van der Waals surface area contributed by atoms with Gasteiger partial charge in [-0.2, -0.15) is 13.2 Å². The van der Waals surface area contributed by atoms with E-state index in [9.17, 15) is 37.1 Å². The van der Waals surface area contributed by atoms with Crippen LogP contribution in [0, 0.1) is 0 Å². The fraction of sp³-hybridized carbons (Fsp3) is 0.421. The molecule has 0 aromatic heterocycles. The first-order valence-corrected chi connectivity index (χ1v) is 9.64. The zero-order valence-electron chi connectivity index (χ0n) is 16.9. The summed E-state index contributed by atoms with van der Waals surface area (Å²) in [6.45, 7) is -0.00457. The summed E-state index contributed by atoms with van der Waals surface area (Å²) in [6.07, 6.45) is -5.59. The molecule has 1 aromatic carbocycles. The van der Waals surface area contributed by atoms with E-state index in [0.717, 1.165) is 12.1 Å². The van der Waals surface area contributed by atoms with Gasteiger partial charge < -0.3 is 19.9 Å². The Hall–Kier alpha value is -3.52. The Morgan fingerprint density at radius 3 is 2.48 bits per heavy atom. The number of imide groups is 2. The number of carbonyl (C=O) groups is 5. The number of amides is 4. The lowest BCUT2D eigenvalue weighted by molar-refractivity contribution is -0.189. The maximum atomic E-state index is 13.1. The highest BCUT2D eigenvalue weighted by atomic mass is 19.4.